The van der Waals surface area contributed by atoms with E-state index in [4.69, 9.17) is 5.73 Å². The van der Waals surface area contributed by atoms with Gasteiger partial charge < -0.3 is 15.8 Å². The Labute approximate surface area is 238 Å². The van der Waals surface area contributed by atoms with Crippen molar-refractivity contribution in [1.82, 2.24) is 10.0 Å². The standard InChI is InChI=1S/C11H13NO.C9H11N2O3S.3C2H6.Y/c1-8(9(2)11(12)13)10-6-4-3-5-7-10;1-7-5-3-4-6-8(7)15(13,14)11-9(12)10-2;3*1-2;/h3-7H,1-2H3,(H2,12,13);3,5-6H,1-2H3,(H2,10,11,12);3*1-2H3;/q;-1;;;;/p-1/b9-8+;;;;;. The Morgan fingerprint density at radius 1 is 0.914 bits per heavy atom. The van der Waals surface area contributed by atoms with Crippen LogP contribution in [-0.4, -0.2) is 27.4 Å². The minimum Gasteiger partial charge on any atom is -0.664 e. The van der Waals surface area contributed by atoms with Crippen molar-refractivity contribution >= 4 is 27.5 Å². The van der Waals surface area contributed by atoms with Gasteiger partial charge in [-0.3, -0.25) is 0 Å². The van der Waals surface area contributed by atoms with Gasteiger partial charge >= 0.3 is 6.03 Å². The predicted octanol–water partition coefficient (Wildman–Crippen LogP) is 6.55. The van der Waals surface area contributed by atoms with E-state index in [2.05, 4.69) is 11.4 Å². The molecule has 3 amide bonds. The number of carbonyl (C=O) groups excluding carboxylic acids is 2. The van der Waals surface area contributed by atoms with Gasteiger partial charge in [0.05, 0.1) is 5.91 Å². The van der Waals surface area contributed by atoms with Crippen molar-refractivity contribution in [2.45, 2.75) is 67.2 Å². The molecule has 0 aliphatic carbocycles. The second-order valence-electron chi connectivity index (χ2n) is 5.82. The minimum absolute atomic E-state index is 0. The Morgan fingerprint density at radius 3 is 1.80 bits per heavy atom. The molecule has 0 aromatic heterocycles. The van der Waals surface area contributed by atoms with Crippen LogP contribution in [0.5, 0.6) is 0 Å². The van der Waals surface area contributed by atoms with Crippen LogP contribution < -0.4 is 10.0 Å². The van der Waals surface area contributed by atoms with Crippen molar-refractivity contribution < 1.29 is 50.7 Å². The molecule has 9 heteroatoms. The molecule has 35 heavy (non-hydrogen) atoms. The quantitative estimate of drug-likeness (QED) is 0.315. The summed E-state index contributed by atoms with van der Waals surface area (Å²) in [5, 5.41) is 2.17. The maximum Gasteiger partial charge on any atom is 0.327 e. The van der Waals surface area contributed by atoms with E-state index in [0.717, 1.165) is 11.1 Å². The SMILES string of the molecule is C/C(C([NH-])=O)=C(/C)c1ccccc1.CC.CC.CC.CNC(=O)NS(=O)(=O)c1c[c-]ccc1C.[Y]. The van der Waals surface area contributed by atoms with Crippen molar-refractivity contribution in [3.05, 3.63) is 77.0 Å². The third-order valence-corrected chi connectivity index (χ3v) is 5.36. The van der Waals surface area contributed by atoms with Crippen LogP contribution >= 0.6 is 0 Å². The fourth-order valence-electron chi connectivity index (χ4n) is 2.09. The topological polar surface area (TPSA) is 116 Å². The van der Waals surface area contributed by atoms with Crippen LogP contribution in [-0.2, 0) is 47.5 Å². The molecular formula is C26H41N3O4SY-2. The zero-order valence-corrected chi connectivity index (χ0v) is 26.4. The van der Waals surface area contributed by atoms with Crippen molar-refractivity contribution in [1.29, 1.82) is 0 Å². The molecule has 0 atom stereocenters. The molecule has 2 aromatic carbocycles. The number of aryl methyl sites for hydroxylation is 1. The molecule has 0 aliphatic heterocycles. The molecule has 3 N–H and O–H groups in total. The van der Waals surface area contributed by atoms with Gasteiger partial charge in [-0.2, -0.15) is 24.3 Å². The molecule has 0 aliphatic rings. The van der Waals surface area contributed by atoms with Crippen LogP contribution in [0.15, 0.2) is 59.0 Å². The van der Waals surface area contributed by atoms with Gasteiger partial charge in [0.1, 0.15) is 0 Å². The number of sulfonamides is 1. The Morgan fingerprint density at radius 2 is 1.40 bits per heavy atom. The molecule has 0 bridgehead atoms. The molecule has 0 fully saturated rings. The van der Waals surface area contributed by atoms with E-state index in [0.29, 0.717) is 11.1 Å². The monoisotopic (exact) mass is 580 g/mol. The van der Waals surface area contributed by atoms with Gasteiger partial charge in [-0.05, 0) is 35.5 Å². The number of nitrogens with one attached hydrogen (secondary N) is 3. The van der Waals surface area contributed by atoms with Crippen LogP contribution in [0.4, 0.5) is 4.79 Å². The third-order valence-electron chi connectivity index (χ3n) is 3.89. The summed E-state index contributed by atoms with van der Waals surface area (Å²) in [5.74, 6) is -0.610. The molecule has 7 nitrogen and oxygen atoms in total. The first-order valence-corrected chi connectivity index (χ1v) is 12.8. The second-order valence-corrected chi connectivity index (χ2v) is 7.47. The summed E-state index contributed by atoms with van der Waals surface area (Å²) in [6.07, 6.45) is 0. The van der Waals surface area contributed by atoms with E-state index < -0.39 is 22.0 Å². The fourth-order valence-corrected chi connectivity index (χ4v) is 3.26. The molecule has 0 saturated heterocycles. The molecule has 2 rings (SSSR count). The first-order valence-electron chi connectivity index (χ1n) is 11.3. The summed E-state index contributed by atoms with van der Waals surface area (Å²) in [4.78, 5) is 21.7. The van der Waals surface area contributed by atoms with E-state index in [-0.39, 0.29) is 37.6 Å². The molecule has 0 heterocycles. The van der Waals surface area contributed by atoms with Crippen molar-refractivity contribution in [3.63, 3.8) is 0 Å². The number of allylic oxidation sites excluding steroid dienone is 1. The average Bonchev–Trinajstić information content (AvgIpc) is 2.87. The van der Waals surface area contributed by atoms with Crippen molar-refractivity contribution in [2.75, 3.05) is 7.05 Å². The maximum absolute atomic E-state index is 11.6. The van der Waals surface area contributed by atoms with Gasteiger partial charge in [-0.1, -0.05) is 78.8 Å². The van der Waals surface area contributed by atoms with Crippen LogP contribution in [0.3, 0.4) is 0 Å². The van der Waals surface area contributed by atoms with Gasteiger partial charge in [0, 0.05) is 39.8 Å². The largest absolute Gasteiger partial charge is 0.664 e. The van der Waals surface area contributed by atoms with Crippen molar-refractivity contribution in [3.8, 4) is 0 Å². The number of rotatable bonds is 4. The summed E-state index contributed by atoms with van der Waals surface area (Å²) in [6, 6.07) is 16.0. The van der Waals surface area contributed by atoms with Crippen LogP contribution in [0.1, 0.15) is 66.5 Å². The summed E-state index contributed by atoms with van der Waals surface area (Å²) < 4.78 is 25.1. The first kappa shape index (κ1) is 40.2. The summed E-state index contributed by atoms with van der Waals surface area (Å²) in [7, 11) is -2.45. The van der Waals surface area contributed by atoms with E-state index in [9.17, 15) is 18.0 Å². The zero-order valence-electron chi connectivity index (χ0n) is 22.7. The van der Waals surface area contributed by atoms with Crippen molar-refractivity contribution in [2.24, 2.45) is 0 Å². The Balaban J connectivity index is -0.000000222. The number of urea groups is 1. The fraction of sp³-hybridized carbons (Fsp3) is 0.385. The average molecular weight is 581 g/mol. The summed E-state index contributed by atoms with van der Waals surface area (Å²) in [5.41, 5.74) is 9.91. The molecule has 0 unspecified atom stereocenters. The van der Waals surface area contributed by atoms with Crippen LogP contribution in [0.25, 0.3) is 11.3 Å². The van der Waals surface area contributed by atoms with E-state index in [1.54, 1.807) is 26.0 Å². The number of hydrogen-bond donors (Lipinski definition) is 2. The Kier molecular flexibility index (Phi) is 27.2. The van der Waals surface area contributed by atoms with E-state index >= 15 is 0 Å². The number of benzene rings is 2. The maximum atomic E-state index is 11.6. The molecule has 2 aromatic rings. The van der Waals surface area contributed by atoms with Gasteiger partial charge in [-0.25, -0.2) is 17.9 Å². The van der Waals surface area contributed by atoms with Crippen LogP contribution in [0.2, 0.25) is 0 Å². The minimum atomic E-state index is -3.80. The summed E-state index contributed by atoms with van der Waals surface area (Å²) >= 11 is 0. The smallest absolute Gasteiger partial charge is 0.327 e. The van der Waals surface area contributed by atoms with Gasteiger partial charge in [-0.15, -0.1) is 5.56 Å². The predicted molar refractivity (Wildman–Crippen MR) is 143 cm³/mol. The zero-order chi connectivity index (χ0) is 27.3. The number of amides is 3. The van der Waals surface area contributed by atoms with E-state index in [1.807, 2.05) is 83.5 Å². The van der Waals surface area contributed by atoms with E-state index in [1.165, 1.54) is 13.1 Å². The number of carbonyl (C=O) groups is 2. The molecular weight excluding hydrogens is 539 g/mol. The molecule has 0 spiro atoms. The Hall–Kier alpha value is -2.03. The van der Waals surface area contributed by atoms with Gasteiger partial charge in [0.25, 0.3) is 0 Å². The molecule has 1 radical (unpaired) electrons. The summed E-state index contributed by atoms with van der Waals surface area (Å²) in [6.45, 7) is 17.2. The first-order chi connectivity index (χ1) is 16.1. The Bertz CT molecular complexity index is 977. The molecule has 0 saturated carbocycles. The van der Waals surface area contributed by atoms with Crippen LogP contribution in [0, 0.1) is 13.0 Å². The van der Waals surface area contributed by atoms with Gasteiger partial charge in [0.2, 0.25) is 10.0 Å². The third kappa shape index (κ3) is 16.3. The van der Waals surface area contributed by atoms with Gasteiger partial charge in [0.15, 0.2) is 0 Å². The normalized spacial score (nSPS) is 9.66. The second kappa shape index (κ2) is 23.7. The molecule has 195 valence electrons. The number of hydrogen-bond acceptors (Lipinski definition) is 4.